The molecule has 1 amide bonds. The lowest BCUT2D eigenvalue weighted by atomic mass is 10.1. The lowest BCUT2D eigenvalue weighted by molar-refractivity contribution is -0.118. The van der Waals surface area contributed by atoms with Crippen molar-refractivity contribution in [1.29, 1.82) is 0 Å². The van der Waals surface area contributed by atoms with Crippen molar-refractivity contribution in [2.24, 2.45) is 0 Å². The number of aromatic nitrogens is 3. The van der Waals surface area contributed by atoms with Crippen LogP contribution in [-0.2, 0) is 17.9 Å². The van der Waals surface area contributed by atoms with Crippen LogP contribution in [-0.4, -0.2) is 32.5 Å². The summed E-state index contributed by atoms with van der Waals surface area (Å²) in [5.74, 6) is 2.02. The SMILES string of the molecule is CCn1c(COc2ccc(C)c(C)c2)nnc1SCC(=O)NC1CC1. The van der Waals surface area contributed by atoms with Crippen molar-refractivity contribution in [2.45, 2.75) is 58.0 Å². The molecular weight excluding hydrogens is 336 g/mol. The molecule has 1 aromatic heterocycles. The number of carbonyl (C=O) groups is 1. The monoisotopic (exact) mass is 360 g/mol. The standard InChI is InChI=1S/C18H24N4O2S/c1-4-22-16(10-24-15-8-5-12(2)13(3)9-15)20-21-18(22)25-11-17(23)19-14-6-7-14/h5,8-9,14H,4,6-7,10-11H2,1-3H3,(H,19,23). The fourth-order valence-electron chi connectivity index (χ4n) is 2.43. The quantitative estimate of drug-likeness (QED) is 0.733. The second-order valence-corrected chi connectivity index (χ2v) is 7.25. The van der Waals surface area contributed by atoms with Gasteiger partial charge in [-0.25, -0.2) is 0 Å². The van der Waals surface area contributed by atoms with E-state index in [1.165, 1.54) is 22.9 Å². The minimum Gasteiger partial charge on any atom is -0.486 e. The minimum absolute atomic E-state index is 0.0612. The number of ether oxygens (including phenoxy) is 1. The van der Waals surface area contributed by atoms with E-state index in [1.807, 2.05) is 23.6 Å². The first kappa shape index (κ1) is 17.8. The number of nitrogens with zero attached hydrogens (tertiary/aromatic N) is 3. The average Bonchev–Trinajstić information content (AvgIpc) is 3.31. The van der Waals surface area contributed by atoms with E-state index in [0.29, 0.717) is 18.4 Å². The van der Waals surface area contributed by atoms with Crippen LogP contribution in [0.4, 0.5) is 0 Å². The van der Waals surface area contributed by atoms with Crippen molar-refractivity contribution >= 4 is 17.7 Å². The van der Waals surface area contributed by atoms with Gasteiger partial charge in [-0.1, -0.05) is 17.8 Å². The summed E-state index contributed by atoms with van der Waals surface area (Å²) in [7, 11) is 0. The Kier molecular flexibility index (Phi) is 5.63. The van der Waals surface area contributed by atoms with E-state index in [4.69, 9.17) is 4.74 Å². The molecule has 1 aliphatic carbocycles. The van der Waals surface area contributed by atoms with Gasteiger partial charge in [-0.15, -0.1) is 10.2 Å². The number of amides is 1. The molecule has 0 unspecified atom stereocenters. The van der Waals surface area contributed by atoms with Crippen LogP contribution in [0, 0.1) is 13.8 Å². The minimum atomic E-state index is 0.0612. The van der Waals surface area contributed by atoms with Crippen molar-refractivity contribution in [1.82, 2.24) is 20.1 Å². The first-order valence-corrected chi connectivity index (χ1v) is 9.59. The number of rotatable bonds is 8. The Morgan fingerprint density at radius 1 is 1.32 bits per heavy atom. The van der Waals surface area contributed by atoms with Crippen LogP contribution < -0.4 is 10.1 Å². The van der Waals surface area contributed by atoms with Gasteiger partial charge in [0.1, 0.15) is 12.4 Å². The molecule has 1 aromatic carbocycles. The third-order valence-electron chi connectivity index (χ3n) is 4.23. The number of nitrogens with one attached hydrogen (secondary N) is 1. The van der Waals surface area contributed by atoms with Crippen LogP contribution in [0.5, 0.6) is 5.75 Å². The Morgan fingerprint density at radius 2 is 2.12 bits per heavy atom. The number of aryl methyl sites for hydroxylation is 2. The third-order valence-corrected chi connectivity index (χ3v) is 5.20. The molecule has 1 fully saturated rings. The number of thioether (sulfide) groups is 1. The second-order valence-electron chi connectivity index (χ2n) is 6.31. The largest absolute Gasteiger partial charge is 0.486 e. The predicted molar refractivity (Wildman–Crippen MR) is 97.8 cm³/mol. The van der Waals surface area contributed by atoms with Gasteiger partial charge in [-0.05, 0) is 56.9 Å². The van der Waals surface area contributed by atoms with E-state index in [9.17, 15) is 4.79 Å². The Balaban J connectivity index is 1.58. The molecule has 0 saturated heterocycles. The highest BCUT2D eigenvalue weighted by atomic mass is 32.2. The van der Waals surface area contributed by atoms with E-state index in [-0.39, 0.29) is 5.91 Å². The van der Waals surface area contributed by atoms with Crippen molar-refractivity contribution < 1.29 is 9.53 Å². The number of hydrogen-bond donors (Lipinski definition) is 1. The third kappa shape index (κ3) is 4.75. The predicted octanol–water partition coefficient (Wildman–Crippen LogP) is 2.86. The Labute approximate surface area is 152 Å². The van der Waals surface area contributed by atoms with Crippen molar-refractivity contribution in [3.63, 3.8) is 0 Å². The molecule has 1 heterocycles. The normalized spacial score (nSPS) is 13.7. The molecule has 1 aliphatic rings. The summed E-state index contributed by atoms with van der Waals surface area (Å²) in [6.45, 7) is 7.29. The molecule has 7 heteroatoms. The van der Waals surface area contributed by atoms with Gasteiger partial charge >= 0.3 is 0 Å². The van der Waals surface area contributed by atoms with Gasteiger partial charge in [0, 0.05) is 12.6 Å². The van der Waals surface area contributed by atoms with Crippen LogP contribution >= 0.6 is 11.8 Å². The van der Waals surface area contributed by atoms with Crippen LogP contribution in [0.2, 0.25) is 0 Å². The van der Waals surface area contributed by atoms with E-state index in [0.717, 1.165) is 36.1 Å². The molecule has 1 N–H and O–H groups in total. The highest BCUT2D eigenvalue weighted by Gasteiger charge is 2.23. The van der Waals surface area contributed by atoms with E-state index < -0.39 is 0 Å². The van der Waals surface area contributed by atoms with Crippen LogP contribution in [0.25, 0.3) is 0 Å². The molecule has 0 radical (unpaired) electrons. The van der Waals surface area contributed by atoms with Crippen LogP contribution in [0.1, 0.15) is 36.7 Å². The number of hydrogen-bond acceptors (Lipinski definition) is 5. The highest BCUT2D eigenvalue weighted by Crippen LogP contribution is 2.22. The lowest BCUT2D eigenvalue weighted by Crippen LogP contribution is -2.27. The smallest absolute Gasteiger partial charge is 0.230 e. The molecule has 0 aliphatic heterocycles. The first-order chi connectivity index (χ1) is 12.1. The molecular formula is C18H24N4O2S. The van der Waals surface area contributed by atoms with Gasteiger partial charge in [-0.3, -0.25) is 4.79 Å². The maximum Gasteiger partial charge on any atom is 0.230 e. The van der Waals surface area contributed by atoms with E-state index in [2.05, 4.69) is 35.4 Å². The van der Waals surface area contributed by atoms with Gasteiger partial charge in [0.05, 0.1) is 5.75 Å². The Morgan fingerprint density at radius 3 is 2.80 bits per heavy atom. The van der Waals surface area contributed by atoms with E-state index in [1.54, 1.807) is 0 Å². The summed E-state index contributed by atoms with van der Waals surface area (Å²) in [5.41, 5.74) is 2.44. The summed E-state index contributed by atoms with van der Waals surface area (Å²) in [6, 6.07) is 6.43. The fraction of sp³-hybridized carbons (Fsp3) is 0.500. The van der Waals surface area contributed by atoms with Crippen LogP contribution in [0.3, 0.4) is 0 Å². The zero-order valence-electron chi connectivity index (χ0n) is 14.9. The number of carbonyl (C=O) groups excluding carboxylic acids is 1. The van der Waals surface area contributed by atoms with Gasteiger partial charge in [-0.2, -0.15) is 0 Å². The van der Waals surface area contributed by atoms with Gasteiger partial charge in [0.2, 0.25) is 5.91 Å². The summed E-state index contributed by atoms with van der Waals surface area (Å²) < 4.78 is 7.85. The summed E-state index contributed by atoms with van der Waals surface area (Å²) in [4.78, 5) is 11.8. The topological polar surface area (TPSA) is 69.0 Å². The zero-order chi connectivity index (χ0) is 17.8. The average molecular weight is 360 g/mol. The van der Waals surface area contributed by atoms with Crippen molar-refractivity contribution in [2.75, 3.05) is 5.75 Å². The lowest BCUT2D eigenvalue weighted by Gasteiger charge is -2.10. The van der Waals surface area contributed by atoms with Crippen LogP contribution in [0.15, 0.2) is 23.4 Å². The molecule has 6 nitrogen and oxygen atoms in total. The first-order valence-electron chi connectivity index (χ1n) is 8.61. The molecule has 1 saturated carbocycles. The van der Waals surface area contributed by atoms with E-state index >= 15 is 0 Å². The highest BCUT2D eigenvalue weighted by molar-refractivity contribution is 7.99. The Hall–Kier alpha value is -2.02. The van der Waals surface area contributed by atoms with Gasteiger partial charge in [0.15, 0.2) is 11.0 Å². The second kappa shape index (κ2) is 7.91. The van der Waals surface area contributed by atoms with Crippen molar-refractivity contribution in [3.05, 3.63) is 35.2 Å². The van der Waals surface area contributed by atoms with Crippen molar-refractivity contribution in [3.8, 4) is 5.75 Å². The zero-order valence-corrected chi connectivity index (χ0v) is 15.7. The molecule has 0 bridgehead atoms. The molecule has 134 valence electrons. The molecule has 2 aromatic rings. The summed E-state index contributed by atoms with van der Waals surface area (Å²) >= 11 is 1.42. The van der Waals surface area contributed by atoms with Gasteiger partial charge in [0.25, 0.3) is 0 Å². The fourth-order valence-corrected chi connectivity index (χ4v) is 3.26. The maximum atomic E-state index is 11.8. The Bertz CT molecular complexity index is 756. The summed E-state index contributed by atoms with van der Waals surface area (Å²) in [5, 5.41) is 12.2. The number of benzene rings is 1. The molecule has 25 heavy (non-hydrogen) atoms. The summed E-state index contributed by atoms with van der Waals surface area (Å²) in [6.07, 6.45) is 2.20. The van der Waals surface area contributed by atoms with Gasteiger partial charge < -0.3 is 14.6 Å². The maximum absolute atomic E-state index is 11.8. The molecule has 0 spiro atoms. The molecule has 3 rings (SSSR count). The molecule has 0 atom stereocenters.